The van der Waals surface area contributed by atoms with Gasteiger partial charge in [0.25, 0.3) is 0 Å². The third-order valence-corrected chi connectivity index (χ3v) is 5.78. The number of benzene rings is 1. The highest BCUT2D eigenvalue weighted by molar-refractivity contribution is 5.53. The first-order valence-corrected chi connectivity index (χ1v) is 7.54. The minimum Gasteiger partial charge on any atom is -0.454 e. The zero-order chi connectivity index (χ0) is 12.4. The molecule has 3 unspecified atom stereocenters. The van der Waals surface area contributed by atoms with Crippen molar-refractivity contribution >= 4 is 0 Å². The van der Waals surface area contributed by atoms with Crippen LogP contribution in [0.3, 0.4) is 0 Å². The molecule has 1 saturated heterocycles. The van der Waals surface area contributed by atoms with Gasteiger partial charge in [-0.25, -0.2) is 0 Å². The van der Waals surface area contributed by atoms with Crippen molar-refractivity contribution in [2.45, 2.75) is 50.1 Å². The van der Waals surface area contributed by atoms with Gasteiger partial charge in [-0.15, -0.1) is 0 Å². The van der Waals surface area contributed by atoms with Gasteiger partial charge < -0.3 is 9.47 Å². The number of hydrogen-bond acceptors (Lipinski definition) is 3. The molecule has 0 amide bonds. The van der Waals surface area contributed by atoms with Crippen LogP contribution < -0.4 is 9.47 Å². The highest BCUT2D eigenvalue weighted by Crippen LogP contribution is 2.55. The fourth-order valence-electron chi connectivity index (χ4n) is 4.98. The molecule has 0 N–H and O–H groups in total. The number of hydrogen-bond donors (Lipinski definition) is 0. The standard InChI is InChI=1S/C16H19NO2/c1-2-4-16-5-6-17(15(16)3-1)9-11-7-13-14(8-12(11)16)19-10-18-13/h7-8,15H,1-6,9-10H2. The van der Waals surface area contributed by atoms with Gasteiger partial charge in [-0.3, -0.25) is 4.90 Å². The predicted octanol–water partition coefficient (Wildman–Crippen LogP) is 2.82. The van der Waals surface area contributed by atoms with E-state index < -0.39 is 0 Å². The van der Waals surface area contributed by atoms with Crippen molar-refractivity contribution in [3.8, 4) is 11.5 Å². The van der Waals surface area contributed by atoms with Crippen molar-refractivity contribution in [2.75, 3.05) is 13.3 Å². The molecule has 3 nitrogen and oxygen atoms in total. The van der Waals surface area contributed by atoms with E-state index >= 15 is 0 Å². The van der Waals surface area contributed by atoms with Crippen LogP contribution in [0.1, 0.15) is 43.2 Å². The summed E-state index contributed by atoms with van der Waals surface area (Å²) < 4.78 is 11.2. The maximum Gasteiger partial charge on any atom is 0.231 e. The Hall–Kier alpha value is -1.22. The van der Waals surface area contributed by atoms with Crippen molar-refractivity contribution < 1.29 is 9.47 Å². The lowest BCUT2D eigenvalue weighted by Gasteiger charge is -2.47. The Bertz CT molecular complexity index is 556. The van der Waals surface area contributed by atoms with Crippen molar-refractivity contribution in [2.24, 2.45) is 0 Å². The van der Waals surface area contributed by atoms with Crippen LogP contribution in [0.5, 0.6) is 11.5 Å². The average molecular weight is 257 g/mol. The number of ether oxygens (including phenoxy) is 2. The zero-order valence-corrected chi connectivity index (χ0v) is 11.2. The summed E-state index contributed by atoms with van der Waals surface area (Å²) in [6, 6.07) is 5.33. The normalized spacial score (nSPS) is 37.9. The summed E-state index contributed by atoms with van der Waals surface area (Å²) >= 11 is 0. The van der Waals surface area contributed by atoms with Crippen LogP contribution in [-0.2, 0) is 12.0 Å². The fraction of sp³-hybridized carbons (Fsp3) is 0.625. The summed E-state index contributed by atoms with van der Waals surface area (Å²) in [5, 5.41) is 0. The van der Waals surface area contributed by atoms with Gasteiger partial charge in [0.1, 0.15) is 0 Å². The molecule has 100 valence electrons. The van der Waals surface area contributed by atoms with E-state index in [1.54, 1.807) is 5.56 Å². The first-order chi connectivity index (χ1) is 9.37. The van der Waals surface area contributed by atoms with Gasteiger partial charge in [0.05, 0.1) is 0 Å². The number of fused-ring (bicyclic) bond motifs is 2. The van der Waals surface area contributed by atoms with Crippen molar-refractivity contribution in [1.82, 2.24) is 4.90 Å². The van der Waals surface area contributed by atoms with Crippen molar-refractivity contribution in [3.63, 3.8) is 0 Å². The van der Waals surface area contributed by atoms with Gasteiger partial charge >= 0.3 is 0 Å². The Morgan fingerprint density at radius 2 is 2.00 bits per heavy atom. The van der Waals surface area contributed by atoms with Gasteiger partial charge in [0.2, 0.25) is 6.79 Å². The van der Waals surface area contributed by atoms with E-state index in [1.807, 2.05) is 0 Å². The fourth-order valence-corrected chi connectivity index (χ4v) is 4.98. The smallest absolute Gasteiger partial charge is 0.231 e. The summed E-state index contributed by atoms with van der Waals surface area (Å²) in [4.78, 5) is 2.71. The molecule has 1 saturated carbocycles. The van der Waals surface area contributed by atoms with Crippen LogP contribution in [-0.4, -0.2) is 24.3 Å². The summed E-state index contributed by atoms with van der Waals surface area (Å²) in [7, 11) is 0. The SMILES string of the molecule is c1c2c(cc3c1OCO3)C13CCCCC1N(CC3)C2. The van der Waals surface area contributed by atoms with Crippen LogP contribution in [0.2, 0.25) is 0 Å². The molecule has 2 fully saturated rings. The van der Waals surface area contributed by atoms with Crippen LogP contribution in [0.4, 0.5) is 0 Å². The third-order valence-electron chi connectivity index (χ3n) is 5.78. The lowest BCUT2D eigenvalue weighted by Crippen LogP contribution is -2.48. The molecule has 4 aliphatic rings. The highest BCUT2D eigenvalue weighted by Gasteiger charge is 2.53. The number of nitrogens with zero attached hydrogens (tertiary/aromatic N) is 1. The highest BCUT2D eigenvalue weighted by atomic mass is 16.7. The predicted molar refractivity (Wildman–Crippen MR) is 71.5 cm³/mol. The van der Waals surface area contributed by atoms with Gasteiger partial charge in [0, 0.05) is 18.0 Å². The topological polar surface area (TPSA) is 21.7 Å². The second-order valence-electron chi connectivity index (χ2n) is 6.50. The Morgan fingerprint density at radius 3 is 2.95 bits per heavy atom. The molecule has 3 heteroatoms. The summed E-state index contributed by atoms with van der Waals surface area (Å²) in [5.74, 6) is 1.92. The Balaban J connectivity index is 1.72. The molecule has 0 spiro atoms. The van der Waals surface area contributed by atoms with Gasteiger partial charge in [-0.05, 0) is 49.1 Å². The second-order valence-corrected chi connectivity index (χ2v) is 6.50. The molecule has 0 radical (unpaired) electrons. The van der Waals surface area contributed by atoms with Crippen molar-refractivity contribution in [1.29, 1.82) is 0 Å². The molecule has 2 bridgehead atoms. The number of rotatable bonds is 0. The summed E-state index contributed by atoms with van der Waals surface area (Å²) in [6.45, 7) is 2.77. The van der Waals surface area contributed by atoms with E-state index in [2.05, 4.69) is 17.0 Å². The van der Waals surface area contributed by atoms with Gasteiger partial charge in [0.15, 0.2) is 11.5 Å². The molecule has 3 atom stereocenters. The molecular weight excluding hydrogens is 238 g/mol. The monoisotopic (exact) mass is 257 g/mol. The molecule has 1 aromatic carbocycles. The maximum absolute atomic E-state index is 5.61. The summed E-state index contributed by atoms with van der Waals surface area (Å²) in [5.41, 5.74) is 3.49. The largest absolute Gasteiger partial charge is 0.454 e. The molecule has 3 aliphatic heterocycles. The zero-order valence-electron chi connectivity index (χ0n) is 11.2. The molecule has 1 aliphatic carbocycles. The van der Waals surface area contributed by atoms with Crippen LogP contribution >= 0.6 is 0 Å². The summed E-state index contributed by atoms with van der Waals surface area (Å²) in [6.07, 6.45) is 6.88. The molecule has 19 heavy (non-hydrogen) atoms. The first kappa shape index (κ1) is 10.6. The van der Waals surface area contributed by atoms with Crippen molar-refractivity contribution in [3.05, 3.63) is 23.3 Å². The molecule has 1 aromatic rings. The molecule has 0 aromatic heterocycles. The van der Waals surface area contributed by atoms with E-state index in [1.165, 1.54) is 44.2 Å². The second kappa shape index (κ2) is 3.45. The Labute approximate surface area is 113 Å². The van der Waals surface area contributed by atoms with Crippen LogP contribution in [0, 0.1) is 0 Å². The minimum absolute atomic E-state index is 0.387. The Kier molecular flexibility index (Phi) is 1.92. The van der Waals surface area contributed by atoms with Crippen LogP contribution in [0.15, 0.2) is 12.1 Å². The van der Waals surface area contributed by atoms with Gasteiger partial charge in [-0.2, -0.15) is 0 Å². The molecule has 3 heterocycles. The first-order valence-electron chi connectivity index (χ1n) is 7.54. The van der Waals surface area contributed by atoms with E-state index in [9.17, 15) is 0 Å². The molecule has 5 rings (SSSR count). The lowest BCUT2D eigenvalue weighted by molar-refractivity contribution is 0.132. The van der Waals surface area contributed by atoms with E-state index in [4.69, 9.17) is 9.47 Å². The average Bonchev–Trinajstić information content (AvgIpc) is 3.00. The lowest BCUT2D eigenvalue weighted by atomic mass is 9.63. The van der Waals surface area contributed by atoms with Crippen LogP contribution in [0.25, 0.3) is 0 Å². The Morgan fingerprint density at radius 1 is 1.11 bits per heavy atom. The third kappa shape index (κ3) is 1.22. The van der Waals surface area contributed by atoms with E-state index in [0.717, 1.165) is 24.1 Å². The quantitative estimate of drug-likeness (QED) is 0.713. The minimum atomic E-state index is 0.387. The molecular formula is C16H19NO2. The van der Waals surface area contributed by atoms with E-state index in [-0.39, 0.29) is 0 Å². The maximum atomic E-state index is 5.61. The van der Waals surface area contributed by atoms with Gasteiger partial charge in [-0.1, -0.05) is 12.8 Å². The van der Waals surface area contributed by atoms with E-state index in [0.29, 0.717) is 12.2 Å².